The summed E-state index contributed by atoms with van der Waals surface area (Å²) < 4.78 is 0. The maximum Gasteiger partial charge on any atom is 0.132 e. The van der Waals surface area contributed by atoms with E-state index in [2.05, 4.69) is 23.8 Å². The van der Waals surface area contributed by atoms with Gasteiger partial charge >= 0.3 is 0 Å². The maximum atomic E-state index is 6.07. The first-order chi connectivity index (χ1) is 5.75. The van der Waals surface area contributed by atoms with Gasteiger partial charge in [-0.3, -0.25) is 0 Å². The molecular weight excluding hydrogens is 172 g/mol. The number of nitrogens with zero attached hydrogens (tertiary/aromatic N) is 2. The van der Waals surface area contributed by atoms with Crippen molar-refractivity contribution in [2.45, 2.75) is 31.6 Å². The van der Waals surface area contributed by atoms with Crippen LogP contribution in [0.5, 0.6) is 0 Å². The lowest BCUT2D eigenvalue weighted by molar-refractivity contribution is 0.635. The summed E-state index contributed by atoms with van der Waals surface area (Å²) in [7, 11) is 0. The Bertz CT molecular complexity index is 225. The Morgan fingerprint density at radius 3 is 2.50 bits per heavy atom. The molecule has 3 heteroatoms. The molecule has 0 saturated heterocycles. The molecule has 2 atom stereocenters. The highest BCUT2D eigenvalue weighted by Gasteiger charge is 2.16. The van der Waals surface area contributed by atoms with Gasteiger partial charge in [0.05, 0.1) is 0 Å². The van der Waals surface area contributed by atoms with Crippen LogP contribution >= 0.6 is 11.6 Å². The molecule has 0 aliphatic rings. The van der Waals surface area contributed by atoms with Crippen molar-refractivity contribution in [2.75, 3.05) is 0 Å². The Morgan fingerprint density at radius 2 is 2.00 bits per heavy atom. The minimum atomic E-state index is 0.132. The first-order valence-electron chi connectivity index (χ1n) is 4.16. The van der Waals surface area contributed by atoms with Gasteiger partial charge in [0.1, 0.15) is 5.82 Å². The molecule has 1 rings (SSSR count). The van der Waals surface area contributed by atoms with Crippen LogP contribution < -0.4 is 0 Å². The molecule has 0 aliphatic heterocycles. The molecule has 0 spiro atoms. The molecule has 1 aromatic heterocycles. The lowest BCUT2D eigenvalue weighted by Crippen LogP contribution is -2.11. The summed E-state index contributed by atoms with van der Waals surface area (Å²) in [5, 5.41) is 0.132. The van der Waals surface area contributed by atoms with E-state index in [0.717, 1.165) is 12.2 Å². The molecule has 0 N–H and O–H groups in total. The quantitative estimate of drug-likeness (QED) is 0.675. The highest BCUT2D eigenvalue weighted by atomic mass is 35.5. The highest BCUT2D eigenvalue weighted by molar-refractivity contribution is 6.21. The zero-order chi connectivity index (χ0) is 8.97. The summed E-state index contributed by atoms with van der Waals surface area (Å²) in [5.41, 5.74) is 0. The van der Waals surface area contributed by atoms with Crippen LogP contribution in [-0.2, 0) is 0 Å². The van der Waals surface area contributed by atoms with Gasteiger partial charge in [-0.1, -0.05) is 13.8 Å². The predicted molar refractivity (Wildman–Crippen MR) is 50.4 cm³/mol. The van der Waals surface area contributed by atoms with Crippen molar-refractivity contribution in [3.05, 3.63) is 24.3 Å². The van der Waals surface area contributed by atoms with E-state index >= 15 is 0 Å². The first kappa shape index (κ1) is 9.46. The largest absolute Gasteiger partial charge is 0.241 e. The van der Waals surface area contributed by atoms with Crippen LogP contribution in [0.2, 0.25) is 0 Å². The maximum absolute atomic E-state index is 6.07. The third-order valence-electron chi connectivity index (χ3n) is 1.93. The van der Waals surface area contributed by atoms with Crippen LogP contribution in [0.25, 0.3) is 0 Å². The molecule has 2 nitrogen and oxygen atoms in total. The fraction of sp³-hybridized carbons (Fsp3) is 0.556. The number of rotatable bonds is 3. The summed E-state index contributed by atoms with van der Waals surface area (Å²) in [4.78, 5) is 8.30. The first-order valence-corrected chi connectivity index (χ1v) is 4.60. The minimum absolute atomic E-state index is 0.132. The number of halogens is 1. The average molecular weight is 185 g/mol. The van der Waals surface area contributed by atoms with Crippen LogP contribution in [0.3, 0.4) is 0 Å². The second-order valence-corrected chi connectivity index (χ2v) is 3.38. The van der Waals surface area contributed by atoms with Gasteiger partial charge in [-0.2, -0.15) is 0 Å². The van der Waals surface area contributed by atoms with E-state index in [1.165, 1.54) is 0 Å². The van der Waals surface area contributed by atoms with Crippen molar-refractivity contribution >= 4 is 11.6 Å². The Hall–Kier alpha value is -0.630. The van der Waals surface area contributed by atoms with Gasteiger partial charge in [0.25, 0.3) is 0 Å². The van der Waals surface area contributed by atoms with Crippen LogP contribution in [0, 0.1) is 0 Å². The fourth-order valence-electron chi connectivity index (χ4n) is 1.06. The van der Waals surface area contributed by atoms with Crippen molar-refractivity contribution in [3.63, 3.8) is 0 Å². The molecule has 0 saturated carbocycles. The van der Waals surface area contributed by atoms with Crippen molar-refractivity contribution in [3.8, 4) is 0 Å². The van der Waals surface area contributed by atoms with Crippen LogP contribution in [-0.4, -0.2) is 15.3 Å². The molecular formula is C9H13ClN2. The molecule has 0 fully saturated rings. The van der Waals surface area contributed by atoms with E-state index in [4.69, 9.17) is 11.6 Å². The predicted octanol–water partition coefficient (Wildman–Crippen LogP) is 2.60. The zero-order valence-electron chi connectivity index (χ0n) is 7.37. The molecule has 12 heavy (non-hydrogen) atoms. The van der Waals surface area contributed by atoms with E-state index in [1.807, 2.05) is 6.07 Å². The Balaban J connectivity index is 2.71. The van der Waals surface area contributed by atoms with Crippen molar-refractivity contribution in [1.29, 1.82) is 0 Å². The minimum Gasteiger partial charge on any atom is -0.241 e. The highest BCUT2D eigenvalue weighted by Crippen LogP contribution is 2.21. The van der Waals surface area contributed by atoms with Crippen molar-refractivity contribution in [1.82, 2.24) is 9.97 Å². The number of hydrogen-bond donors (Lipinski definition) is 0. The second-order valence-electron chi connectivity index (χ2n) is 2.82. The van der Waals surface area contributed by atoms with Crippen molar-refractivity contribution < 1.29 is 0 Å². The van der Waals surface area contributed by atoms with Crippen LogP contribution in [0.15, 0.2) is 18.5 Å². The lowest BCUT2D eigenvalue weighted by Gasteiger charge is -2.13. The molecule has 0 aromatic carbocycles. The molecule has 0 amide bonds. The Labute approximate surface area is 78.0 Å². The SMILES string of the molecule is CCC(Cl)C(C)c1ncccn1. The summed E-state index contributed by atoms with van der Waals surface area (Å²) in [6, 6.07) is 1.81. The van der Waals surface area contributed by atoms with E-state index in [0.29, 0.717) is 0 Å². The number of alkyl halides is 1. The summed E-state index contributed by atoms with van der Waals surface area (Å²) in [6.45, 7) is 4.12. The summed E-state index contributed by atoms with van der Waals surface area (Å²) >= 11 is 6.07. The molecule has 2 unspecified atom stereocenters. The molecule has 0 radical (unpaired) electrons. The molecule has 66 valence electrons. The molecule has 0 aliphatic carbocycles. The van der Waals surface area contributed by atoms with Crippen LogP contribution in [0.1, 0.15) is 32.0 Å². The van der Waals surface area contributed by atoms with E-state index in [9.17, 15) is 0 Å². The topological polar surface area (TPSA) is 25.8 Å². The van der Waals surface area contributed by atoms with Gasteiger partial charge in [-0.15, -0.1) is 11.6 Å². The molecule has 0 bridgehead atoms. The Kier molecular flexibility index (Phi) is 3.48. The van der Waals surface area contributed by atoms with Gasteiger partial charge in [0.15, 0.2) is 0 Å². The van der Waals surface area contributed by atoms with Crippen molar-refractivity contribution in [2.24, 2.45) is 0 Å². The molecule has 1 heterocycles. The number of aromatic nitrogens is 2. The average Bonchev–Trinajstić information content (AvgIpc) is 2.17. The third kappa shape index (κ3) is 2.18. The summed E-state index contributed by atoms with van der Waals surface area (Å²) in [6.07, 6.45) is 4.44. The standard InChI is InChI=1S/C9H13ClN2/c1-3-8(10)7(2)9-11-5-4-6-12-9/h4-8H,3H2,1-2H3. The second kappa shape index (κ2) is 4.41. The van der Waals surface area contributed by atoms with E-state index < -0.39 is 0 Å². The molecule has 1 aromatic rings. The van der Waals surface area contributed by atoms with Gasteiger partial charge in [0, 0.05) is 23.7 Å². The van der Waals surface area contributed by atoms with Crippen LogP contribution in [0.4, 0.5) is 0 Å². The Morgan fingerprint density at radius 1 is 1.42 bits per heavy atom. The van der Waals surface area contributed by atoms with Gasteiger partial charge < -0.3 is 0 Å². The zero-order valence-corrected chi connectivity index (χ0v) is 8.12. The van der Waals surface area contributed by atoms with Gasteiger partial charge in [0.2, 0.25) is 0 Å². The fourth-order valence-corrected chi connectivity index (χ4v) is 1.17. The van der Waals surface area contributed by atoms with Gasteiger partial charge in [-0.05, 0) is 12.5 Å². The monoisotopic (exact) mass is 184 g/mol. The lowest BCUT2D eigenvalue weighted by atomic mass is 10.1. The number of hydrogen-bond acceptors (Lipinski definition) is 2. The van der Waals surface area contributed by atoms with E-state index in [1.54, 1.807) is 12.4 Å². The normalized spacial score (nSPS) is 15.6. The smallest absolute Gasteiger partial charge is 0.132 e. The third-order valence-corrected chi connectivity index (χ3v) is 2.61. The van der Waals surface area contributed by atoms with E-state index in [-0.39, 0.29) is 11.3 Å². The summed E-state index contributed by atoms with van der Waals surface area (Å²) in [5.74, 6) is 1.07. The van der Waals surface area contributed by atoms with Gasteiger partial charge in [-0.25, -0.2) is 9.97 Å².